The van der Waals surface area contributed by atoms with E-state index in [1.54, 1.807) is 17.9 Å². The third-order valence-corrected chi connectivity index (χ3v) is 2.38. The molecule has 6 heteroatoms. The Balaban J connectivity index is 3.17. The van der Waals surface area contributed by atoms with Crippen LogP contribution in [-0.4, -0.2) is 29.5 Å². The van der Waals surface area contributed by atoms with Gasteiger partial charge in [0.25, 0.3) is 0 Å². The lowest BCUT2D eigenvalue weighted by Gasteiger charge is -2.22. The molecule has 2 N–H and O–H groups in total. The summed E-state index contributed by atoms with van der Waals surface area (Å²) in [7, 11) is 3.07. The van der Waals surface area contributed by atoms with Gasteiger partial charge in [0.2, 0.25) is 0 Å². The van der Waals surface area contributed by atoms with Crippen LogP contribution in [0.5, 0.6) is 0 Å². The van der Waals surface area contributed by atoms with Gasteiger partial charge < -0.3 is 9.57 Å². The van der Waals surface area contributed by atoms with Crippen LogP contribution in [-0.2, 0) is 22.0 Å². The zero-order valence-electron chi connectivity index (χ0n) is 9.98. The molecule has 0 amide bonds. The maximum atomic E-state index is 11.5. The maximum Gasteiger partial charge on any atom is 0.358 e. The number of rotatable bonds is 4. The molecular formula is C10H17N3O3. The number of hydrogen-bond donors (Lipinski definition) is 1. The number of aryl methyl sites for hydroxylation is 1. The number of carbonyl (C=O) groups excluding carboxylic acids is 1. The molecule has 0 aromatic carbocycles. The van der Waals surface area contributed by atoms with E-state index in [0.29, 0.717) is 12.3 Å². The summed E-state index contributed by atoms with van der Waals surface area (Å²) in [5.41, 5.74) is 0.659. The van der Waals surface area contributed by atoms with E-state index in [0.717, 1.165) is 5.56 Å². The molecule has 0 aliphatic heterocycles. The molecule has 16 heavy (non-hydrogen) atoms. The predicted molar refractivity (Wildman–Crippen MR) is 57.7 cm³/mol. The summed E-state index contributed by atoms with van der Waals surface area (Å²) in [6.45, 7) is 4.13. The van der Waals surface area contributed by atoms with Gasteiger partial charge in [-0.05, 0) is 0 Å². The molecule has 0 saturated heterocycles. The Bertz CT molecular complexity index is 385. The van der Waals surface area contributed by atoms with E-state index in [1.807, 2.05) is 13.8 Å². The average Bonchev–Trinajstić information content (AvgIpc) is 2.60. The minimum atomic E-state index is -0.458. The highest BCUT2D eigenvalue weighted by Gasteiger charge is 2.30. The van der Waals surface area contributed by atoms with Gasteiger partial charge in [-0.25, -0.2) is 10.7 Å². The van der Waals surface area contributed by atoms with Gasteiger partial charge in [0, 0.05) is 24.2 Å². The smallest absolute Gasteiger partial charge is 0.358 e. The van der Waals surface area contributed by atoms with Crippen molar-refractivity contribution in [3.63, 3.8) is 0 Å². The first kappa shape index (κ1) is 12.7. The molecule has 0 bridgehead atoms. The monoisotopic (exact) mass is 227 g/mol. The van der Waals surface area contributed by atoms with Gasteiger partial charge in [-0.2, -0.15) is 5.10 Å². The molecule has 6 nitrogen and oxygen atoms in total. The maximum absolute atomic E-state index is 11.5. The van der Waals surface area contributed by atoms with Gasteiger partial charge in [0.1, 0.15) is 0 Å². The number of nitrogens with two attached hydrogens (primary N) is 1. The number of esters is 1. The molecule has 1 rings (SSSR count). The van der Waals surface area contributed by atoms with Crippen LogP contribution in [0.3, 0.4) is 0 Å². The molecule has 0 aliphatic carbocycles. The summed E-state index contributed by atoms with van der Waals surface area (Å²) < 4.78 is 6.25. The Hall–Kier alpha value is -1.40. The van der Waals surface area contributed by atoms with Gasteiger partial charge in [0.15, 0.2) is 5.69 Å². The largest absolute Gasteiger partial charge is 0.464 e. The van der Waals surface area contributed by atoms with Crippen molar-refractivity contribution >= 4 is 5.97 Å². The van der Waals surface area contributed by atoms with E-state index < -0.39 is 11.4 Å². The van der Waals surface area contributed by atoms with Crippen LogP contribution in [0.4, 0.5) is 0 Å². The number of hydrogen-bond acceptors (Lipinski definition) is 5. The number of ether oxygens (including phenoxy) is 1. The summed E-state index contributed by atoms with van der Waals surface area (Å²) in [5, 5.41) is 4.08. The molecule has 0 fully saturated rings. The van der Waals surface area contributed by atoms with Crippen LogP contribution in [0.25, 0.3) is 0 Å². The van der Waals surface area contributed by atoms with Crippen LogP contribution in [0.1, 0.15) is 29.9 Å². The Labute approximate surface area is 94.3 Å². The molecule has 0 spiro atoms. The predicted octanol–water partition coefficient (Wildman–Crippen LogP) is 0.375. The Morgan fingerprint density at radius 2 is 2.25 bits per heavy atom. The molecule has 1 aromatic heterocycles. The first-order valence-electron chi connectivity index (χ1n) is 4.86. The molecule has 0 saturated carbocycles. The molecule has 0 unspecified atom stereocenters. The molecule has 0 atom stereocenters. The number of methoxy groups -OCH3 is 1. The van der Waals surface area contributed by atoms with Crippen LogP contribution < -0.4 is 5.90 Å². The van der Waals surface area contributed by atoms with E-state index in [-0.39, 0.29) is 0 Å². The van der Waals surface area contributed by atoms with Gasteiger partial charge >= 0.3 is 5.97 Å². The molecular weight excluding hydrogens is 210 g/mol. The van der Waals surface area contributed by atoms with Gasteiger partial charge in [-0.15, -0.1) is 0 Å². The second-order valence-corrected chi connectivity index (χ2v) is 4.25. The number of aromatic nitrogens is 2. The van der Waals surface area contributed by atoms with Crippen molar-refractivity contribution in [1.29, 1.82) is 0 Å². The highest BCUT2D eigenvalue weighted by Crippen LogP contribution is 2.26. The minimum absolute atomic E-state index is 0.294. The van der Waals surface area contributed by atoms with Crippen molar-refractivity contribution < 1.29 is 14.4 Å². The van der Waals surface area contributed by atoms with Crippen LogP contribution in [0, 0.1) is 0 Å². The zero-order chi connectivity index (χ0) is 12.3. The summed E-state index contributed by atoms with van der Waals surface area (Å²) in [5.74, 6) is 4.62. The Morgan fingerprint density at radius 1 is 1.62 bits per heavy atom. The first-order valence-corrected chi connectivity index (χ1v) is 4.86. The van der Waals surface area contributed by atoms with Gasteiger partial charge in [-0.3, -0.25) is 4.68 Å². The highest BCUT2D eigenvalue weighted by molar-refractivity contribution is 5.89. The fourth-order valence-corrected chi connectivity index (χ4v) is 1.52. The first-order chi connectivity index (χ1) is 7.42. The Kier molecular flexibility index (Phi) is 3.66. The summed E-state index contributed by atoms with van der Waals surface area (Å²) in [4.78, 5) is 16.2. The van der Waals surface area contributed by atoms with Crippen LogP contribution in [0.2, 0.25) is 0 Å². The highest BCUT2D eigenvalue weighted by atomic mass is 16.6. The van der Waals surface area contributed by atoms with E-state index >= 15 is 0 Å². The second-order valence-electron chi connectivity index (χ2n) is 4.25. The zero-order valence-corrected chi connectivity index (χ0v) is 9.98. The van der Waals surface area contributed by atoms with E-state index in [2.05, 4.69) is 14.7 Å². The van der Waals surface area contributed by atoms with E-state index in [9.17, 15) is 4.79 Å². The van der Waals surface area contributed by atoms with Crippen molar-refractivity contribution in [2.45, 2.75) is 19.3 Å². The lowest BCUT2D eigenvalue weighted by Crippen LogP contribution is -2.28. The van der Waals surface area contributed by atoms with Gasteiger partial charge in [0.05, 0.1) is 13.7 Å². The standard InChI is InChI=1S/C10H17N3O3/c1-10(2,6-16-11)7-5-13(3)12-8(7)9(14)15-4/h5H,6,11H2,1-4H3. The quantitative estimate of drug-likeness (QED) is 0.594. The number of nitrogens with zero attached hydrogens (tertiary/aromatic N) is 2. The summed E-state index contributed by atoms with van der Waals surface area (Å²) in [6.07, 6.45) is 1.77. The van der Waals surface area contributed by atoms with Crippen molar-refractivity contribution in [2.24, 2.45) is 12.9 Å². The lowest BCUT2D eigenvalue weighted by atomic mass is 9.86. The normalized spacial score (nSPS) is 11.6. The summed E-state index contributed by atoms with van der Waals surface area (Å²) >= 11 is 0. The Morgan fingerprint density at radius 3 is 2.75 bits per heavy atom. The molecule has 0 aliphatic rings. The topological polar surface area (TPSA) is 79.4 Å². The average molecular weight is 227 g/mol. The van der Waals surface area contributed by atoms with Gasteiger partial charge in [-0.1, -0.05) is 13.8 Å². The molecule has 1 heterocycles. The van der Waals surface area contributed by atoms with Crippen LogP contribution >= 0.6 is 0 Å². The third kappa shape index (κ3) is 2.40. The van der Waals surface area contributed by atoms with Crippen molar-refractivity contribution in [1.82, 2.24) is 9.78 Å². The minimum Gasteiger partial charge on any atom is -0.464 e. The molecule has 0 radical (unpaired) electrons. The fourth-order valence-electron chi connectivity index (χ4n) is 1.52. The van der Waals surface area contributed by atoms with Crippen molar-refractivity contribution in [3.8, 4) is 0 Å². The van der Waals surface area contributed by atoms with Crippen molar-refractivity contribution in [3.05, 3.63) is 17.5 Å². The molecule has 1 aromatic rings. The van der Waals surface area contributed by atoms with Crippen LogP contribution in [0.15, 0.2) is 6.20 Å². The third-order valence-electron chi connectivity index (χ3n) is 2.38. The van der Waals surface area contributed by atoms with Crippen molar-refractivity contribution in [2.75, 3.05) is 13.7 Å². The number of carbonyl (C=O) groups is 1. The second kappa shape index (κ2) is 4.63. The lowest BCUT2D eigenvalue weighted by molar-refractivity contribution is 0.0584. The van der Waals surface area contributed by atoms with E-state index in [4.69, 9.17) is 5.90 Å². The SMILES string of the molecule is COC(=O)c1nn(C)cc1C(C)(C)CON. The fraction of sp³-hybridized carbons (Fsp3) is 0.600. The molecule has 90 valence electrons. The van der Waals surface area contributed by atoms with E-state index in [1.165, 1.54) is 7.11 Å². The summed E-state index contributed by atoms with van der Waals surface area (Å²) in [6, 6.07) is 0.